The molecule has 0 amide bonds. The van der Waals surface area contributed by atoms with Crippen LogP contribution in [0.4, 0.5) is 5.69 Å². The minimum Gasteiger partial charge on any atom is -0.399 e. The van der Waals surface area contributed by atoms with Crippen LogP contribution in [0.1, 0.15) is 15.9 Å². The summed E-state index contributed by atoms with van der Waals surface area (Å²) in [6.07, 6.45) is 3.36. The molecule has 0 radical (unpaired) electrons. The van der Waals surface area contributed by atoms with Gasteiger partial charge in [0.15, 0.2) is 5.78 Å². The predicted octanol–water partition coefficient (Wildman–Crippen LogP) is 3.14. The Morgan fingerprint density at radius 1 is 1.26 bits per heavy atom. The molecule has 0 saturated carbocycles. The largest absolute Gasteiger partial charge is 0.399 e. The first kappa shape index (κ1) is 11.9. The number of nitrogen functional groups attached to an aromatic ring is 1. The zero-order valence-electron chi connectivity index (χ0n) is 9.85. The summed E-state index contributed by atoms with van der Waals surface area (Å²) in [7, 11) is 0. The van der Waals surface area contributed by atoms with Crippen molar-refractivity contribution in [1.82, 2.24) is 9.97 Å². The van der Waals surface area contributed by atoms with Crippen molar-refractivity contribution in [3.8, 4) is 0 Å². The number of ketones is 1. The minimum absolute atomic E-state index is 0.0848. The van der Waals surface area contributed by atoms with E-state index in [1.165, 1.54) is 0 Å². The van der Waals surface area contributed by atoms with Gasteiger partial charge in [-0.1, -0.05) is 15.9 Å². The SMILES string of the molecule is Nc1ccc(Br)c(C(=O)c2c[nH]c3ncccc23)c1. The molecule has 94 valence electrons. The number of carbonyl (C=O) groups excluding carboxylic acids is 1. The smallest absolute Gasteiger partial charge is 0.196 e. The van der Waals surface area contributed by atoms with Crippen molar-refractivity contribution < 1.29 is 4.79 Å². The molecule has 4 nitrogen and oxygen atoms in total. The molecule has 3 N–H and O–H groups in total. The van der Waals surface area contributed by atoms with Gasteiger partial charge >= 0.3 is 0 Å². The first-order valence-corrected chi connectivity index (χ1v) is 6.48. The number of fused-ring (bicyclic) bond motifs is 1. The topological polar surface area (TPSA) is 71.8 Å². The molecule has 3 rings (SSSR count). The van der Waals surface area contributed by atoms with Gasteiger partial charge in [0, 0.05) is 39.1 Å². The number of nitrogens with zero attached hydrogens (tertiary/aromatic N) is 1. The molecule has 5 heteroatoms. The highest BCUT2D eigenvalue weighted by Crippen LogP contribution is 2.25. The average molecular weight is 316 g/mol. The van der Waals surface area contributed by atoms with E-state index in [1.807, 2.05) is 6.07 Å². The first-order valence-electron chi connectivity index (χ1n) is 5.68. The van der Waals surface area contributed by atoms with Crippen LogP contribution in [0, 0.1) is 0 Å². The average Bonchev–Trinajstić information content (AvgIpc) is 2.84. The maximum absolute atomic E-state index is 12.6. The number of nitrogens with two attached hydrogens (primary N) is 1. The number of nitrogens with one attached hydrogen (secondary N) is 1. The third-order valence-corrected chi connectivity index (χ3v) is 3.62. The fourth-order valence-corrected chi connectivity index (χ4v) is 2.43. The Kier molecular flexibility index (Phi) is 2.83. The van der Waals surface area contributed by atoms with Gasteiger partial charge in [-0.15, -0.1) is 0 Å². The van der Waals surface area contributed by atoms with Crippen LogP contribution in [0.3, 0.4) is 0 Å². The molecular weight excluding hydrogens is 306 g/mol. The lowest BCUT2D eigenvalue weighted by molar-refractivity contribution is 0.103. The van der Waals surface area contributed by atoms with Gasteiger partial charge in [0.25, 0.3) is 0 Å². The lowest BCUT2D eigenvalue weighted by Gasteiger charge is -2.04. The number of benzene rings is 1. The number of pyridine rings is 1. The molecule has 2 heterocycles. The van der Waals surface area contributed by atoms with Crippen molar-refractivity contribution in [3.05, 3.63) is 58.3 Å². The molecule has 0 bridgehead atoms. The Labute approximate surface area is 117 Å². The number of hydrogen-bond donors (Lipinski definition) is 2. The van der Waals surface area contributed by atoms with Crippen LogP contribution in [0.2, 0.25) is 0 Å². The zero-order chi connectivity index (χ0) is 13.4. The van der Waals surface area contributed by atoms with E-state index in [-0.39, 0.29) is 5.78 Å². The van der Waals surface area contributed by atoms with E-state index in [2.05, 4.69) is 25.9 Å². The van der Waals surface area contributed by atoms with Gasteiger partial charge in [0.2, 0.25) is 0 Å². The van der Waals surface area contributed by atoms with Crippen molar-refractivity contribution in [1.29, 1.82) is 0 Å². The van der Waals surface area contributed by atoms with Gasteiger partial charge in [-0.3, -0.25) is 4.79 Å². The Morgan fingerprint density at radius 3 is 2.95 bits per heavy atom. The van der Waals surface area contributed by atoms with Gasteiger partial charge in [-0.05, 0) is 30.3 Å². The van der Waals surface area contributed by atoms with Gasteiger partial charge in [-0.25, -0.2) is 4.98 Å². The first-order chi connectivity index (χ1) is 9.16. The van der Waals surface area contributed by atoms with E-state index in [1.54, 1.807) is 36.7 Å². The summed E-state index contributed by atoms with van der Waals surface area (Å²) in [6, 6.07) is 8.86. The molecule has 0 aliphatic rings. The van der Waals surface area contributed by atoms with E-state index >= 15 is 0 Å². The number of anilines is 1. The van der Waals surface area contributed by atoms with Crippen LogP contribution < -0.4 is 5.73 Å². The molecule has 0 spiro atoms. The van der Waals surface area contributed by atoms with E-state index in [4.69, 9.17) is 5.73 Å². The van der Waals surface area contributed by atoms with Crippen LogP contribution in [-0.4, -0.2) is 15.8 Å². The van der Waals surface area contributed by atoms with Crippen molar-refractivity contribution in [2.75, 3.05) is 5.73 Å². The second kappa shape index (κ2) is 4.51. The maximum atomic E-state index is 12.6. The Balaban J connectivity index is 2.16. The zero-order valence-corrected chi connectivity index (χ0v) is 11.4. The summed E-state index contributed by atoms with van der Waals surface area (Å²) < 4.78 is 0.727. The third-order valence-electron chi connectivity index (χ3n) is 2.93. The lowest BCUT2D eigenvalue weighted by Crippen LogP contribution is -2.02. The van der Waals surface area contributed by atoms with Crippen molar-refractivity contribution in [2.45, 2.75) is 0 Å². The fourth-order valence-electron chi connectivity index (χ4n) is 2.01. The molecule has 0 fully saturated rings. The number of carbonyl (C=O) groups is 1. The molecule has 19 heavy (non-hydrogen) atoms. The maximum Gasteiger partial charge on any atom is 0.196 e. The molecule has 0 saturated heterocycles. The summed E-state index contributed by atoms with van der Waals surface area (Å²) in [4.78, 5) is 19.7. The lowest BCUT2D eigenvalue weighted by atomic mass is 10.0. The van der Waals surface area contributed by atoms with E-state index < -0.39 is 0 Å². The number of halogens is 1. The summed E-state index contributed by atoms with van der Waals surface area (Å²) in [5, 5.41) is 0.807. The summed E-state index contributed by atoms with van der Waals surface area (Å²) in [5.74, 6) is -0.0848. The molecule has 2 aromatic heterocycles. The molecule has 3 aromatic rings. The predicted molar refractivity (Wildman–Crippen MR) is 78.1 cm³/mol. The highest BCUT2D eigenvalue weighted by atomic mass is 79.9. The molecule has 0 unspecified atom stereocenters. The highest BCUT2D eigenvalue weighted by Gasteiger charge is 2.17. The van der Waals surface area contributed by atoms with Crippen LogP contribution in [0.5, 0.6) is 0 Å². The fraction of sp³-hybridized carbons (Fsp3) is 0. The van der Waals surface area contributed by atoms with E-state index in [0.29, 0.717) is 22.5 Å². The summed E-state index contributed by atoms with van der Waals surface area (Å²) >= 11 is 3.38. The molecular formula is C14H10BrN3O. The molecule has 1 aromatic carbocycles. The van der Waals surface area contributed by atoms with Gasteiger partial charge in [0.05, 0.1) is 0 Å². The van der Waals surface area contributed by atoms with Gasteiger partial charge in [-0.2, -0.15) is 0 Å². The Hall–Kier alpha value is -2.14. The summed E-state index contributed by atoms with van der Waals surface area (Å²) in [5.41, 5.74) is 8.14. The third kappa shape index (κ3) is 2.02. The second-order valence-corrected chi connectivity index (χ2v) is 5.02. The van der Waals surface area contributed by atoms with E-state index in [9.17, 15) is 4.79 Å². The molecule has 0 aliphatic heterocycles. The Bertz CT molecular complexity index is 779. The van der Waals surface area contributed by atoms with Crippen LogP contribution >= 0.6 is 15.9 Å². The summed E-state index contributed by atoms with van der Waals surface area (Å²) in [6.45, 7) is 0. The normalized spacial score (nSPS) is 10.8. The van der Waals surface area contributed by atoms with Gasteiger partial charge < -0.3 is 10.7 Å². The molecule has 0 aliphatic carbocycles. The number of aromatic amines is 1. The number of hydrogen-bond acceptors (Lipinski definition) is 3. The Morgan fingerprint density at radius 2 is 2.11 bits per heavy atom. The van der Waals surface area contributed by atoms with Crippen molar-refractivity contribution in [3.63, 3.8) is 0 Å². The number of H-pyrrole nitrogens is 1. The second-order valence-electron chi connectivity index (χ2n) is 4.17. The van der Waals surface area contributed by atoms with Crippen molar-refractivity contribution in [2.24, 2.45) is 0 Å². The highest BCUT2D eigenvalue weighted by molar-refractivity contribution is 9.10. The van der Waals surface area contributed by atoms with Gasteiger partial charge in [0.1, 0.15) is 5.65 Å². The minimum atomic E-state index is -0.0848. The number of rotatable bonds is 2. The quantitative estimate of drug-likeness (QED) is 0.563. The molecule has 0 atom stereocenters. The van der Waals surface area contributed by atoms with Crippen molar-refractivity contribution >= 4 is 38.4 Å². The standard InChI is InChI=1S/C14H10BrN3O/c15-12-4-3-8(16)6-10(12)13(19)11-7-18-14-9(11)2-1-5-17-14/h1-7H,16H2,(H,17,18). The monoisotopic (exact) mass is 315 g/mol. The van der Waals surface area contributed by atoms with E-state index in [0.717, 1.165) is 9.86 Å². The number of aromatic nitrogens is 2. The van der Waals surface area contributed by atoms with Crippen LogP contribution in [0.15, 0.2) is 47.2 Å². The van der Waals surface area contributed by atoms with Crippen LogP contribution in [-0.2, 0) is 0 Å². The van der Waals surface area contributed by atoms with Crippen LogP contribution in [0.25, 0.3) is 11.0 Å².